The fraction of sp³-hybridized carbons (Fsp3) is 0.188. The van der Waals surface area contributed by atoms with E-state index >= 15 is 0 Å². The van der Waals surface area contributed by atoms with Gasteiger partial charge in [-0.3, -0.25) is 4.79 Å². The second-order valence-electron chi connectivity index (χ2n) is 4.98. The van der Waals surface area contributed by atoms with Gasteiger partial charge < -0.3 is 4.42 Å². The molecule has 0 radical (unpaired) electrons. The highest BCUT2D eigenvalue weighted by Gasteiger charge is 2.21. The van der Waals surface area contributed by atoms with Gasteiger partial charge in [-0.05, 0) is 48.1 Å². The molecule has 4 rings (SSSR count). The number of aryl methyl sites for hydroxylation is 1. The predicted molar refractivity (Wildman–Crippen MR) is 83.8 cm³/mol. The molecule has 0 bridgehead atoms. The first-order valence-electron chi connectivity index (χ1n) is 6.64. The summed E-state index contributed by atoms with van der Waals surface area (Å²) in [7, 11) is 0. The van der Waals surface area contributed by atoms with Crippen molar-refractivity contribution in [3.05, 3.63) is 57.2 Å². The van der Waals surface area contributed by atoms with Crippen molar-refractivity contribution in [3.8, 4) is 0 Å². The van der Waals surface area contributed by atoms with Gasteiger partial charge >= 0.3 is 0 Å². The van der Waals surface area contributed by atoms with Crippen molar-refractivity contribution in [2.24, 2.45) is 0 Å². The van der Waals surface area contributed by atoms with E-state index < -0.39 is 0 Å². The van der Waals surface area contributed by atoms with Crippen molar-refractivity contribution >= 4 is 39.9 Å². The first-order valence-corrected chi connectivity index (χ1v) is 8.61. The van der Waals surface area contributed by atoms with Crippen LogP contribution in [0, 0.1) is 5.82 Å². The molecular formula is C16H11FO2S2. The molecule has 21 heavy (non-hydrogen) atoms. The van der Waals surface area contributed by atoms with Crippen LogP contribution in [-0.4, -0.2) is 11.5 Å². The van der Waals surface area contributed by atoms with Crippen LogP contribution in [-0.2, 0) is 12.2 Å². The molecule has 106 valence electrons. The Morgan fingerprint density at radius 1 is 1.24 bits per heavy atom. The van der Waals surface area contributed by atoms with Crippen LogP contribution in [0.2, 0.25) is 0 Å². The number of hydrogen-bond donors (Lipinski definition) is 0. The Morgan fingerprint density at radius 2 is 2.14 bits per heavy atom. The van der Waals surface area contributed by atoms with E-state index in [4.69, 9.17) is 4.42 Å². The largest absolute Gasteiger partial charge is 0.453 e. The van der Waals surface area contributed by atoms with Gasteiger partial charge in [0.25, 0.3) is 0 Å². The van der Waals surface area contributed by atoms with Gasteiger partial charge in [0.15, 0.2) is 5.76 Å². The number of thioether (sulfide) groups is 1. The maximum Gasteiger partial charge on any atom is 0.238 e. The van der Waals surface area contributed by atoms with E-state index in [0.717, 1.165) is 17.9 Å². The van der Waals surface area contributed by atoms with Gasteiger partial charge in [-0.2, -0.15) is 11.8 Å². The molecule has 1 aliphatic heterocycles. The quantitative estimate of drug-likeness (QED) is 0.644. The lowest BCUT2D eigenvalue weighted by atomic mass is 10.2. The molecule has 0 spiro atoms. The first kappa shape index (κ1) is 13.1. The molecule has 1 aliphatic rings. The second kappa shape index (κ2) is 5.00. The highest BCUT2D eigenvalue weighted by atomic mass is 32.2. The zero-order valence-corrected chi connectivity index (χ0v) is 12.7. The first-order chi connectivity index (χ1) is 10.2. The van der Waals surface area contributed by atoms with Gasteiger partial charge in [0.1, 0.15) is 11.4 Å². The van der Waals surface area contributed by atoms with Crippen molar-refractivity contribution in [1.29, 1.82) is 0 Å². The molecule has 5 heteroatoms. The van der Waals surface area contributed by atoms with Crippen LogP contribution in [0.15, 0.2) is 34.7 Å². The maximum absolute atomic E-state index is 13.2. The molecule has 0 N–H and O–H groups in total. The van der Waals surface area contributed by atoms with E-state index in [2.05, 4.69) is 0 Å². The summed E-state index contributed by atoms with van der Waals surface area (Å²) in [5.74, 6) is 1.93. The van der Waals surface area contributed by atoms with E-state index in [1.807, 2.05) is 17.8 Å². The molecule has 0 amide bonds. The number of hydrogen-bond acceptors (Lipinski definition) is 4. The van der Waals surface area contributed by atoms with E-state index in [-0.39, 0.29) is 17.4 Å². The minimum atomic E-state index is -0.328. The van der Waals surface area contributed by atoms with Crippen LogP contribution in [0.1, 0.15) is 25.9 Å². The minimum absolute atomic E-state index is 0.115. The summed E-state index contributed by atoms with van der Waals surface area (Å²) in [4.78, 5) is 14.5. The molecule has 0 atom stereocenters. The van der Waals surface area contributed by atoms with Crippen LogP contribution < -0.4 is 0 Å². The van der Waals surface area contributed by atoms with Crippen LogP contribution in [0.4, 0.5) is 4.39 Å². The third kappa shape index (κ3) is 2.30. The van der Waals surface area contributed by atoms with Crippen LogP contribution >= 0.6 is 23.1 Å². The van der Waals surface area contributed by atoms with Crippen LogP contribution in [0.5, 0.6) is 0 Å². The number of rotatable bonds is 2. The number of furan rings is 1. The van der Waals surface area contributed by atoms with Gasteiger partial charge in [0, 0.05) is 16.0 Å². The number of fused-ring (bicyclic) bond motifs is 2. The predicted octanol–water partition coefficient (Wildman–Crippen LogP) is 4.65. The lowest BCUT2D eigenvalue weighted by Gasteiger charge is -2.08. The number of halogens is 1. The Labute approximate surface area is 129 Å². The fourth-order valence-electron chi connectivity index (χ4n) is 2.51. The van der Waals surface area contributed by atoms with Gasteiger partial charge in [0.05, 0.1) is 4.88 Å². The van der Waals surface area contributed by atoms with Gasteiger partial charge in [0.2, 0.25) is 5.78 Å². The fourth-order valence-corrected chi connectivity index (χ4v) is 4.82. The van der Waals surface area contributed by atoms with E-state index in [9.17, 15) is 9.18 Å². The summed E-state index contributed by atoms with van der Waals surface area (Å²) in [5, 5.41) is 0.621. The molecule has 3 heterocycles. The summed E-state index contributed by atoms with van der Waals surface area (Å²) >= 11 is 3.45. The van der Waals surface area contributed by atoms with Gasteiger partial charge in [-0.25, -0.2) is 4.39 Å². The summed E-state index contributed by atoms with van der Waals surface area (Å²) < 4.78 is 18.8. The molecule has 0 aliphatic carbocycles. The molecular weight excluding hydrogens is 307 g/mol. The Hall–Kier alpha value is -1.59. The van der Waals surface area contributed by atoms with E-state index in [1.165, 1.54) is 22.6 Å². The third-order valence-electron chi connectivity index (χ3n) is 3.55. The molecule has 0 fully saturated rings. The second-order valence-corrected chi connectivity index (χ2v) is 7.23. The summed E-state index contributed by atoms with van der Waals surface area (Å²) in [6.07, 6.45) is 1.03. The maximum atomic E-state index is 13.2. The highest BCUT2D eigenvalue weighted by Crippen LogP contribution is 2.33. The number of carbonyl (C=O) groups is 1. The lowest BCUT2D eigenvalue weighted by molar-refractivity contribution is 0.101. The van der Waals surface area contributed by atoms with Crippen LogP contribution in [0.3, 0.4) is 0 Å². The average Bonchev–Trinajstić information content (AvgIpc) is 3.09. The summed E-state index contributed by atoms with van der Waals surface area (Å²) in [6, 6.07) is 7.86. The zero-order chi connectivity index (χ0) is 14.4. The van der Waals surface area contributed by atoms with Crippen molar-refractivity contribution in [2.75, 3.05) is 5.75 Å². The SMILES string of the molecule is O=C(c1cc2cc(F)ccc2o1)c1cc2c(s1)CCSC2. The summed E-state index contributed by atoms with van der Waals surface area (Å²) in [6.45, 7) is 0. The number of carbonyl (C=O) groups excluding carboxylic acids is 1. The summed E-state index contributed by atoms with van der Waals surface area (Å²) in [5.41, 5.74) is 1.80. The van der Waals surface area contributed by atoms with Crippen LogP contribution in [0.25, 0.3) is 11.0 Å². The molecule has 3 aromatic rings. The topological polar surface area (TPSA) is 30.2 Å². The molecule has 0 saturated carbocycles. The monoisotopic (exact) mass is 318 g/mol. The molecule has 0 unspecified atom stereocenters. The van der Waals surface area contributed by atoms with Gasteiger partial charge in [-0.1, -0.05) is 0 Å². The highest BCUT2D eigenvalue weighted by molar-refractivity contribution is 7.98. The number of benzene rings is 1. The van der Waals surface area contributed by atoms with Crippen molar-refractivity contribution in [2.45, 2.75) is 12.2 Å². The molecule has 2 aromatic heterocycles. The number of thiophene rings is 1. The molecule has 1 aromatic carbocycles. The van der Waals surface area contributed by atoms with Crippen molar-refractivity contribution in [1.82, 2.24) is 0 Å². The Balaban J connectivity index is 1.73. The molecule has 2 nitrogen and oxygen atoms in total. The lowest BCUT2D eigenvalue weighted by Crippen LogP contribution is -1.96. The van der Waals surface area contributed by atoms with Crippen molar-refractivity contribution in [3.63, 3.8) is 0 Å². The average molecular weight is 318 g/mol. The Kier molecular flexibility index (Phi) is 3.12. The van der Waals surface area contributed by atoms with Gasteiger partial charge in [-0.15, -0.1) is 11.3 Å². The van der Waals surface area contributed by atoms with Crippen molar-refractivity contribution < 1.29 is 13.6 Å². The zero-order valence-electron chi connectivity index (χ0n) is 11.0. The Morgan fingerprint density at radius 3 is 3.00 bits per heavy atom. The molecule has 0 saturated heterocycles. The minimum Gasteiger partial charge on any atom is -0.453 e. The Bertz CT molecular complexity index is 824. The normalized spacial score (nSPS) is 14.3. The third-order valence-corrected chi connectivity index (χ3v) is 5.80. The standard InChI is InChI=1S/C16H11FO2S2/c17-11-1-2-12-9(5-11)6-13(19-12)16(18)15-7-10-8-20-4-3-14(10)21-15/h1-2,5-7H,3-4,8H2. The van der Waals surface area contributed by atoms with E-state index in [1.54, 1.807) is 23.5 Å². The smallest absolute Gasteiger partial charge is 0.238 e. The number of ketones is 1. The van der Waals surface area contributed by atoms with E-state index in [0.29, 0.717) is 15.8 Å².